The Morgan fingerprint density at radius 3 is 1.75 bits per heavy atom. The zero-order valence-electron chi connectivity index (χ0n) is 13.3. The van der Waals surface area contributed by atoms with E-state index in [0.29, 0.717) is 4.90 Å². The molecule has 0 bridgehead atoms. The van der Waals surface area contributed by atoms with Crippen LogP contribution in [0.2, 0.25) is 0 Å². The van der Waals surface area contributed by atoms with Gasteiger partial charge in [0.15, 0.2) is 0 Å². The molecule has 0 radical (unpaired) electrons. The Morgan fingerprint density at radius 2 is 1.35 bits per heavy atom. The van der Waals surface area contributed by atoms with Crippen LogP contribution in [0.15, 0.2) is 4.90 Å². The van der Waals surface area contributed by atoms with Gasteiger partial charge in [0.2, 0.25) is 10.0 Å². The molecule has 5 heteroatoms. The average molecular weight is 298 g/mol. The Balaban J connectivity index is 3.33. The summed E-state index contributed by atoms with van der Waals surface area (Å²) in [6.45, 7) is 11.9. The first-order valence-corrected chi connectivity index (χ1v) is 8.44. The van der Waals surface area contributed by atoms with Crippen LogP contribution in [0.5, 0.6) is 0 Å². The van der Waals surface area contributed by atoms with E-state index in [1.807, 2.05) is 41.5 Å². The normalized spacial score (nSPS) is 13.6. The predicted molar refractivity (Wildman–Crippen MR) is 83.6 cm³/mol. The summed E-state index contributed by atoms with van der Waals surface area (Å²) in [5.74, 6) is 0. The topological polar surface area (TPSA) is 72.2 Å². The fraction of sp³-hybridized carbons (Fsp3) is 0.600. The smallest absolute Gasteiger partial charge is 0.241 e. The summed E-state index contributed by atoms with van der Waals surface area (Å²) >= 11 is 0. The van der Waals surface area contributed by atoms with Gasteiger partial charge in [-0.05, 0) is 68.9 Å². The molecule has 3 N–H and O–H groups in total. The first kappa shape index (κ1) is 17.1. The van der Waals surface area contributed by atoms with Crippen LogP contribution in [0.25, 0.3) is 0 Å². The van der Waals surface area contributed by atoms with Crippen LogP contribution in [0.4, 0.5) is 0 Å². The molecule has 0 saturated heterocycles. The highest BCUT2D eigenvalue weighted by molar-refractivity contribution is 7.89. The molecule has 4 nitrogen and oxygen atoms in total. The van der Waals surface area contributed by atoms with E-state index < -0.39 is 10.0 Å². The fourth-order valence-electron chi connectivity index (χ4n) is 2.30. The van der Waals surface area contributed by atoms with Crippen molar-refractivity contribution in [1.29, 1.82) is 0 Å². The molecule has 0 fully saturated rings. The number of hydrogen-bond acceptors (Lipinski definition) is 3. The van der Waals surface area contributed by atoms with Crippen molar-refractivity contribution in [1.82, 2.24) is 4.72 Å². The van der Waals surface area contributed by atoms with Crippen LogP contribution >= 0.6 is 0 Å². The SMILES string of the molecule is CCC(N)CNS(=O)(=O)c1c(C)c(C)c(C)c(C)c1C. The molecule has 1 atom stereocenters. The van der Waals surface area contributed by atoms with Gasteiger partial charge in [-0.3, -0.25) is 0 Å². The molecule has 0 spiro atoms. The predicted octanol–water partition coefficient (Wildman–Crippen LogP) is 2.24. The van der Waals surface area contributed by atoms with Gasteiger partial charge in [0.1, 0.15) is 0 Å². The molecule has 0 amide bonds. The Labute approximate surface area is 122 Å². The van der Waals surface area contributed by atoms with Gasteiger partial charge in [0.25, 0.3) is 0 Å². The van der Waals surface area contributed by atoms with Gasteiger partial charge in [-0.25, -0.2) is 13.1 Å². The molecule has 0 aliphatic carbocycles. The first-order chi connectivity index (χ1) is 9.13. The van der Waals surface area contributed by atoms with Gasteiger partial charge in [0.05, 0.1) is 4.90 Å². The molecular formula is C15H26N2O2S. The molecule has 114 valence electrons. The molecule has 20 heavy (non-hydrogen) atoms. The van der Waals surface area contributed by atoms with Gasteiger partial charge in [-0.15, -0.1) is 0 Å². The Bertz CT molecular complexity index is 578. The van der Waals surface area contributed by atoms with E-state index in [1.165, 1.54) is 0 Å². The Morgan fingerprint density at radius 1 is 0.950 bits per heavy atom. The number of nitrogens with two attached hydrogens (primary N) is 1. The van der Waals surface area contributed by atoms with Crippen molar-refractivity contribution in [3.8, 4) is 0 Å². The van der Waals surface area contributed by atoms with Gasteiger partial charge in [0, 0.05) is 12.6 Å². The summed E-state index contributed by atoms with van der Waals surface area (Å²) in [6, 6.07) is -0.155. The molecular weight excluding hydrogens is 272 g/mol. The molecule has 0 heterocycles. The molecule has 1 rings (SSSR count). The summed E-state index contributed by atoms with van der Waals surface area (Å²) in [5.41, 5.74) is 10.7. The first-order valence-electron chi connectivity index (χ1n) is 6.95. The highest BCUT2D eigenvalue weighted by atomic mass is 32.2. The van der Waals surface area contributed by atoms with Crippen LogP contribution in [-0.4, -0.2) is 21.0 Å². The molecule has 1 unspecified atom stereocenters. The quantitative estimate of drug-likeness (QED) is 0.875. The lowest BCUT2D eigenvalue weighted by Gasteiger charge is -2.19. The summed E-state index contributed by atoms with van der Waals surface area (Å²) in [4.78, 5) is 0.404. The highest BCUT2D eigenvalue weighted by Crippen LogP contribution is 2.29. The van der Waals surface area contributed by atoms with Gasteiger partial charge < -0.3 is 5.73 Å². The van der Waals surface area contributed by atoms with Crippen molar-refractivity contribution in [3.63, 3.8) is 0 Å². The molecule has 1 aromatic carbocycles. The second-order valence-electron chi connectivity index (χ2n) is 5.47. The lowest BCUT2D eigenvalue weighted by Crippen LogP contribution is -2.37. The average Bonchev–Trinajstić information content (AvgIpc) is 2.40. The van der Waals surface area contributed by atoms with E-state index in [9.17, 15) is 8.42 Å². The summed E-state index contributed by atoms with van der Waals surface area (Å²) in [5, 5.41) is 0. The van der Waals surface area contributed by atoms with E-state index in [1.54, 1.807) is 0 Å². The lowest BCUT2D eigenvalue weighted by atomic mass is 9.95. The number of benzene rings is 1. The highest BCUT2D eigenvalue weighted by Gasteiger charge is 2.23. The molecule has 0 aromatic heterocycles. The van der Waals surface area contributed by atoms with Crippen molar-refractivity contribution in [2.45, 2.75) is 58.9 Å². The second kappa shape index (κ2) is 6.24. The molecule has 0 saturated carbocycles. The van der Waals surface area contributed by atoms with E-state index in [4.69, 9.17) is 5.73 Å². The van der Waals surface area contributed by atoms with Crippen molar-refractivity contribution < 1.29 is 8.42 Å². The van der Waals surface area contributed by atoms with Crippen molar-refractivity contribution >= 4 is 10.0 Å². The lowest BCUT2D eigenvalue weighted by molar-refractivity contribution is 0.562. The minimum Gasteiger partial charge on any atom is -0.327 e. The van der Waals surface area contributed by atoms with E-state index in [-0.39, 0.29) is 12.6 Å². The summed E-state index contributed by atoms with van der Waals surface area (Å²) < 4.78 is 27.7. The Kier molecular flexibility index (Phi) is 5.35. The number of sulfonamides is 1. The number of hydrogen-bond donors (Lipinski definition) is 2. The van der Waals surface area contributed by atoms with Crippen molar-refractivity contribution in [2.24, 2.45) is 5.73 Å². The zero-order valence-corrected chi connectivity index (χ0v) is 14.1. The third kappa shape index (κ3) is 3.22. The summed E-state index contributed by atoms with van der Waals surface area (Å²) in [7, 11) is -3.52. The van der Waals surface area contributed by atoms with Gasteiger partial charge in [-0.1, -0.05) is 6.92 Å². The maximum absolute atomic E-state index is 12.5. The number of nitrogens with one attached hydrogen (secondary N) is 1. The largest absolute Gasteiger partial charge is 0.327 e. The third-order valence-corrected chi connectivity index (χ3v) is 5.96. The van der Waals surface area contributed by atoms with Crippen molar-refractivity contribution in [3.05, 3.63) is 27.8 Å². The monoisotopic (exact) mass is 298 g/mol. The Hall–Kier alpha value is -0.910. The molecule has 0 aliphatic rings. The minimum atomic E-state index is -3.52. The van der Waals surface area contributed by atoms with Gasteiger partial charge >= 0.3 is 0 Å². The van der Waals surface area contributed by atoms with Crippen LogP contribution in [-0.2, 0) is 10.0 Å². The third-order valence-electron chi connectivity index (χ3n) is 4.26. The van der Waals surface area contributed by atoms with Crippen molar-refractivity contribution in [2.75, 3.05) is 6.54 Å². The maximum Gasteiger partial charge on any atom is 0.241 e. The summed E-state index contributed by atoms with van der Waals surface area (Å²) in [6.07, 6.45) is 0.742. The van der Waals surface area contributed by atoms with Crippen LogP contribution in [0.1, 0.15) is 41.2 Å². The maximum atomic E-state index is 12.5. The van der Waals surface area contributed by atoms with E-state index in [0.717, 1.165) is 34.2 Å². The zero-order chi connectivity index (χ0) is 15.7. The van der Waals surface area contributed by atoms with Crippen LogP contribution in [0.3, 0.4) is 0 Å². The van der Waals surface area contributed by atoms with E-state index >= 15 is 0 Å². The minimum absolute atomic E-state index is 0.155. The standard InChI is InChI=1S/C15H26N2O2S/c1-7-14(16)8-17-20(18,19)15-12(5)10(3)9(2)11(4)13(15)6/h14,17H,7-8,16H2,1-6H3. The molecule has 1 aromatic rings. The molecule has 0 aliphatic heterocycles. The van der Waals surface area contributed by atoms with Crippen LogP contribution < -0.4 is 10.5 Å². The number of rotatable bonds is 5. The van der Waals surface area contributed by atoms with Gasteiger partial charge in [-0.2, -0.15) is 0 Å². The van der Waals surface area contributed by atoms with Crippen LogP contribution in [0, 0.1) is 34.6 Å². The van der Waals surface area contributed by atoms with E-state index in [2.05, 4.69) is 4.72 Å². The second-order valence-corrected chi connectivity index (χ2v) is 7.18. The fourth-order valence-corrected chi connectivity index (χ4v) is 3.99.